The highest BCUT2D eigenvalue weighted by Crippen LogP contribution is 2.33. The van der Waals surface area contributed by atoms with Crippen molar-refractivity contribution in [3.8, 4) is 16.9 Å². The van der Waals surface area contributed by atoms with Crippen molar-refractivity contribution in [3.63, 3.8) is 0 Å². The maximum absolute atomic E-state index is 13.4. The molecule has 0 saturated carbocycles. The molecule has 1 saturated heterocycles. The predicted molar refractivity (Wildman–Crippen MR) is 169 cm³/mol. The van der Waals surface area contributed by atoms with Gasteiger partial charge in [0.25, 0.3) is 5.91 Å². The van der Waals surface area contributed by atoms with Crippen molar-refractivity contribution in [2.24, 2.45) is 0 Å². The molecule has 11 nitrogen and oxygen atoms in total. The Morgan fingerprint density at radius 1 is 0.864 bits per heavy atom. The Labute approximate surface area is 255 Å². The van der Waals surface area contributed by atoms with Gasteiger partial charge in [0.2, 0.25) is 0 Å². The molecule has 0 bridgehead atoms. The van der Waals surface area contributed by atoms with Crippen LogP contribution >= 0.6 is 0 Å². The SMILES string of the molecule is Cc1ccc(-n2nc(C(C)(C)C)cc2NC(=O)Nc2ccc(-c3cnc(C(=O)N4CCOCC4)cn3)c3ccccc23)cn1. The van der Waals surface area contributed by atoms with Crippen molar-refractivity contribution < 1.29 is 14.3 Å². The molecule has 0 atom stereocenters. The van der Waals surface area contributed by atoms with E-state index in [1.165, 1.54) is 6.20 Å². The molecule has 5 aromatic rings. The van der Waals surface area contributed by atoms with E-state index < -0.39 is 6.03 Å². The minimum Gasteiger partial charge on any atom is -0.378 e. The van der Waals surface area contributed by atoms with Crippen LogP contribution in [0.4, 0.5) is 16.3 Å². The number of nitrogens with one attached hydrogen (secondary N) is 2. The second-order valence-corrected chi connectivity index (χ2v) is 11.7. The quantitative estimate of drug-likeness (QED) is 0.273. The normalized spacial score (nSPS) is 13.6. The van der Waals surface area contributed by atoms with Crippen molar-refractivity contribution >= 4 is 34.2 Å². The number of carbonyl (C=O) groups is 2. The van der Waals surface area contributed by atoms with Crippen molar-refractivity contribution in [3.05, 3.63) is 90.3 Å². The van der Waals surface area contributed by atoms with Crippen LogP contribution < -0.4 is 10.6 Å². The molecular formula is C33H34N8O3. The molecule has 3 aromatic heterocycles. The van der Waals surface area contributed by atoms with Gasteiger partial charge in [0, 0.05) is 41.2 Å². The number of pyridine rings is 1. The summed E-state index contributed by atoms with van der Waals surface area (Å²) in [6, 6.07) is 16.8. The third kappa shape index (κ3) is 6.00. The molecule has 2 aromatic carbocycles. The van der Waals surface area contributed by atoms with Crippen LogP contribution in [-0.2, 0) is 10.2 Å². The van der Waals surface area contributed by atoms with Crippen LogP contribution in [0.3, 0.4) is 0 Å². The summed E-state index contributed by atoms with van der Waals surface area (Å²) in [6.45, 7) is 10.3. The van der Waals surface area contributed by atoms with E-state index in [0.717, 1.165) is 33.4 Å². The van der Waals surface area contributed by atoms with Gasteiger partial charge in [-0.2, -0.15) is 5.10 Å². The number of carbonyl (C=O) groups excluding carboxylic acids is 2. The number of amides is 3. The van der Waals surface area contributed by atoms with Gasteiger partial charge < -0.3 is 15.0 Å². The molecule has 0 aliphatic carbocycles. The zero-order valence-electron chi connectivity index (χ0n) is 25.2. The number of benzene rings is 2. The molecule has 4 heterocycles. The highest BCUT2D eigenvalue weighted by Gasteiger charge is 2.23. The second-order valence-electron chi connectivity index (χ2n) is 11.7. The van der Waals surface area contributed by atoms with E-state index in [9.17, 15) is 9.59 Å². The Hall–Kier alpha value is -5.16. The van der Waals surface area contributed by atoms with Crippen molar-refractivity contribution in [2.45, 2.75) is 33.1 Å². The van der Waals surface area contributed by atoms with Crippen LogP contribution in [-0.4, -0.2) is 67.9 Å². The number of aryl methyl sites for hydroxylation is 1. The van der Waals surface area contributed by atoms with E-state index in [2.05, 4.69) is 46.4 Å². The molecule has 0 radical (unpaired) electrons. The summed E-state index contributed by atoms with van der Waals surface area (Å²) < 4.78 is 7.04. The molecule has 1 aliphatic heterocycles. The van der Waals surface area contributed by atoms with Gasteiger partial charge in [-0.25, -0.2) is 14.5 Å². The van der Waals surface area contributed by atoms with Gasteiger partial charge in [0.15, 0.2) is 0 Å². The second kappa shape index (κ2) is 11.8. The number of fused-ring (bicyclic) bond motifs is 1. The van der Waals surface area contributed by atoms with Crippen LogP contribution in [0.25, 0.3) is 27.7 Å². The van der Waals surface area contributed by atoms with E-state index in [1.807, 2.05) is 61.5 Å². The molecule has 44 heavy (non-hydrogen) atoms. The maximum Gasteiger partial charge on any atom is 0.324 e. The summed E-state index contributed by atoms with van der Waals surface area (Å²) in [5, 5.41) is 12.5. The Balaban J connectivity index is 1.25. The first-order valence-electron chi connectivity index (χ1n) is 14.5. The highest BCUT2D eigenvalue weighted by molar-refractivity contribution is 6.09. The van der Waals surface area contributed by atoms with E-state index in [1.54, 1.807) is 22.0 Å². The summed E-state index contributed by atoms with van der Waals surface area (Å²) in [6.07, 6.45) is 4.86. The minimum atomic E-state index is -0.407. The smallest absolute Gasteiger partial charge is 0.324 e. The van der Waals surface area contributed by atoms with E-state index >= 15 is 0 Å². The van der Waals surface area contributed by atoms with Gasteiger partial charge in [-0.15, -0.1) is 0 Å². The minimum absolute atomic E-state index is 0.155. The molecule has 11 heteroatoms. The number of morpholine rings is 1. The monoisotopic (exact) mass is 590 g/mol. The fourth-order valence-corrected chi connectivity index (χ4v) is 5.03. The average Bonchev–Trinajstić information content (AvgIpc) is 3.46. The standard InChI is InChI=1S/C33H34N8O3/c1-21-9-10-22(18-34-21)41-30(17-29(39-41)33(2,3)4)38-32(43)37-26-12-11-25(23-7-5-6-8-24(23)26)27-19-36-28(20-35-27)31(42)40-13-15-44-16-14-40/h5-12,17-20H,13-16H2,1-4H3,(H2,37,38,43). The van der Waals surface area contributed by atoms with E-state index in [-0.39, 0.29) is 11.3 Å². The topological polar surface area (TPSA) is 127 Å². The lowest BCUT2D eigenvalue weighted by Gasteiger charge is -2.26. The Morgan fingerprint density at radius 2 is 1.64 bits per heavy atom. The Morgan fingerprint density at radius 3 is 2.32 bits per heavy atom. The molecule has 0 unspecified atom stereocenters. The number of ether oxygens (including phenoxy) is 1. The van der Waals surface area contributed by atoms with Gasteiger partial charge in [-0.05, 0) is 30.5 Å². The lowest BCUT2D eigenvalue weighted by Crippen LogP contribution is -2.41. The summed E-state index contributed by atoms with van der Waals surface area (Å²) in [7, 11) is 0. The third-order valence-corrected chi connectivity index (χ3v) is 7.48. The average molecular weight is 591 g/mol. The van der Waals surface area contributed by atoms with Crippen LogP contribution in [0, 0.1) is 6.92 Å². The molecule has 1 aliphatic rings. The van der Waals surface area contributed by atoms with Crippen LogP contribution in [0.15, 0.2) is 73.2 Å². The van der Waals surface area contributed by atoms with Crippen LogP contribution in [0.2, 0.25) is 0 Å². The first-order valence-corrected chi connectivity index (χ1v) is 14.5. The van der Waals surface area contributed by atoms with Crippen LogP contribution in [0.5, 0.6) is 0 Å². The fourth-order valence-electron chi connectivity index (χ4n) is 5.03. The molecule has 3 amide bonds. The van der Waals surface area contributed by atoms with E-state index in [0.29, 0.717) is 49.2 Å². The van der Waals surface area contributed by atoms with Crippen molar-refractivity contribution in [2.75, 3.05) is 36.9 Å². The van der Waals surface area contributed by atoms with E-state index in [4.69, 9.17) is 9.84 Å². The Bertz CT molecular complexity index is 1820. The van der Waals surface area contributed by atoms with Gasteiger partial charge in [-0.3, -0.25) is 20.1 Å². The predicted octanol–water partition coefficient (Wildman–Crippen LogP) is 5.60. The largest absolute Gasteiger partial charge is 0.378 e. The zero-order valence-corrected chi connectivity index (χ0v) is 25.2. The number of hydrogen-bond donors (Lipinski definition) is 2. The first-order chi connectivity index (χ1) is 21.2. The highest BCUT2D eigenvalue weighted by atomic mass is 16.5. The third-order valence-electron chi connectivity index (χ3n) is 7.48. The zero-order chi connectivity index (χ0) is 30.8. The first kappa shape index (κ1) is 28.9. The molecule has 6 rings (SSSR count). The molecular weight excluding hydrogens is 556 g/mol. The summed E-state index contributed by atoms with van der Waals surface area (Å²) in [4.78, 5) is 41.3. The van der Waals surface area contributed by atoms with Gasteiger partial charge in [0.1, 0.15) is 11.5 Å². The summed E-state index contributed by atoms with van der Waals surface area (Å²) in [5.74, 6) is 0.373. The number of rotatable bonds is 5. The number of aromatic nitrogens is 5. The summed E-state index contributed by atoms with van der Waals surface area (Å²) in [5.41, 5.74) is 4.64. The molecule has 0 spiro atoms. The van der Waals surface area contributed by atoms with Gasteiger partial charge in [0.05, 0.1) is 54.6 Å². The number of nitrogens with zero attached hydrogens (tertiary/aromatic N) is 6. The van der Waals surface area contributed by atoms with Crippen molar-refractivity contribution in [1.29, 1.82) is 0 Å². The lowest BCUT2D eigenvalue weighted by atomic mass is 9.92. The fraction of sp³-hybridized carbons (Fsp3) is 0.273. The number of anilines is 2. The van der Waals surface area contributed by atoms with Gasteiger partial charge in [-0.1, -0.05) is 51.1 Å². The number of urea groups is 1. The maximum atomic E-state index is 13.4. The molecule has 1 fully saturated rings. The van der Waals surface area contributed by atoms with Crippen molar-refractivity contribution in [1.82, 2.24) is 29.6 Å². The molecule has 224 valence electrons. The summed E-state index contributed by atoms with van der Waals surface area (Å²) >= 11 is 0. The Kier molecular flexibility index (Phi) is 7.79. The van der Waals surface area contributed by atoms with Crippen LogP contribution in [0.1, 0.15) is 42.6 Å². The van der Waals surface area contributed by atoms with Gasteiger partial charge >= 0.3 is 6.03 Å². The number of hydrogen-bond acceptors (Lipinski definition) is 7. The lowest BCUT2D eigenvalue weighted by molar-refractivity contribution is 0.0298. The molecule has 2 N–H and O–H groups in total.